The molecule has 0 aromatic carbocycles. The molecule has 2 heterocycles. The lowest BCUT2D eigenvalue weighted by Gasteiger charge is -2.25. The molecular formula is C16H26N3O3S+. The number of morpholine rings is 1. The van der Waals surface area contributed by atoms with Gasteiger partial charge in [0.1, 0.15) is 11.1 Å². The number of H-pyrrole nitrogens is 1. The predicted molar refractivity (Wildman–Crippen MR) is 87.7 cm³/mol. The van der Waals surface area contributed by atoms with Crippen LogP contribution in [-0.4, -0.2) is 45.1 Å². The summed E-state index contributed by atoms with van der Waals surface area (Å²) in [6.45, 7) is 1.77. The molecule has 0 amide bonds. The van der Waals surface area contributed by atoms with Gasteiger partial charge in [0.15, 0.2) is 0 Å². The summed E-state index contributed by atoms with van der Waals surface area (Å²) < 4.78 is 31.8. The van der Waals surface area contributed by atoms with E-state index >= 15 is 0 Å². The molecule has 0 bridgehead atoms. The van der Waals surface area contributed by atoms with Crippen LogP contribution in [0.1, 0.15) is 38.5 Å². The van der Waals surface area contributed by atoms with Crippen molar-refractivity contribution < 1.29 is 18.1 Å². The minimum atomic E-state index is -3.42. The molecule has 1 aliphatic carbocycles. The van der Waals surface area contributed by atoms with Gasteiger partial charge in [-0.2, -0.15) is 4.31 Å². The third kappa shape index (κ3) is 4.22. The Hall–Kier alpha value is -1.18. The summed E-state index contributed by atoms with van der Waals surface area (Å²) in [5.41, 5.74) is 0. The molecule has 1 aliphatic heterocycles. The number of rotatable bonds is 4. The summed E-state index contributed by atoms with van der Waals surface area (Å²) in [6.07, 6.45) is 9.12. The lowest BCUT2D eigenvalue weighted by atomic mass is 10.1. The van der Waals surface area contributed by atoms with Crippen LogP contribution in [0, 0.1) is 0 Å². The Kier molecular flexibility index (Phi) is 5.50. The second-order valence-electron chi connectivity index (χ2n) is 6.29. The van der Waals surface area contributed by atoms with Crippen LogP contribution in [0.15, 0.2) is 23.2 Å². The molecule has 0 radical (unpaired) electrons. The highest BCUT2D eigenvalue weighted by Crippen LogP contribution is 2.20. The lowest BCUT2D eigenvalue weighted by Crippen LogP contribution is -2.40. The van der Waals surface area contributed by atoms with Gasteiger partial charge in [-0.3, -0.25) is 5.32 Å². The van der Waals surface area contributed by atoms with Crippen LogP contribution in [0.3, 0.4) is 0 Å². The summed E-state index contributed by atoms with van der Waals surface area (Å²) in [5, 5.41) is 3.50. The van der Waals surface area contributed by atoms with Gasteiger partial charge in [-0.1, -0.05) is 12.8 Å². The van der Waals surface area contributed by atoms with Crippen molar-refractivity contribution in [1.29, 1.82) is 0 Å². The zero-order valence-electron chi connectivity index (χ0n) is 13.5. The van der Waals surface area contributed by atoms with Crippen molar-refractivity contribution in [2.45, 2.75) is 49.5 Å². The van der Waals surface area contributed by atoms with E-state index in [-0.39, 0.29) is 0 Å². The minimum Gasteiger partial charge on any atom is -0.379 e. The van der Waals surface area contributed by atoms with Gasteiger partial charge in [-0.15, -0.1) is 0 Å². The predicted octanol–water partition coefficient (Wildman–Crippen LogP) is 1.66. The molecule has 1 aromatic heterocycles. The number of hydrogen-bond acceptors (Lipinski definition) is 4. The van der Waals surface area contributed by atoms with Gasteiger partial charge >= 0.3 is 0 Å². The van der Waals surface area contributed by atoms with Crippen molar-refractivity contribution in [1.82, 2.24) is 4.31 Å². The normalized spacial score (nSPS) is 21.7. The van der Waals surface area contributed by atoms with Crippen molar-refractivity contribution in [3.63, 3.8) is 0 Å². The molecule has 2 aliphatic rings. The van der Waals surface area contributed by atoms with E-state index in [0.29, 0.717) is 37.2 Å². The quantitative estimate of drug-likeness (QED) is 0.846. The first-order chi connectivity index (χ1) is 11.2. The molecule has 1 saturated heterocycles. The average molecular weight is 340 g/mol. The molecule has 128 valence electrons. The van der Waals surface area contributed by atoms with Gasteiger partial charge in [0.05, 0.1) is 19.3 Å². The number of nitrogens with zero attached hydrogens (tertiary/aromatic N) is 1. The van der Waals surface area contributed by atoms with Crippen molar-refractivity contribution in [3.05, 3.63) is 18.3 Å². The standard InChI is InChI=1S/C16H25N3O3S/c20-23(21,19-9-11-22-12-10-19)15-7-8-16(17-13-15)18-14-5-3-1-2-4-6-14/h7-8,13-14H,1-6,9-12H2,(H,17,18)/p+1. The Morgan fingerprint density at radius 1 is 1.09 bits per heavy atom. The second-order valence-corrected chi connectivity index (χ2v) is 8.23. The maximum Gasteiger partial charge on any atom is 0.272 e. The maximum atomic E-state index is 12.6. The smallest absolute Gasteiger partial charge is 0.272 e. The first-order valence-electron chi connectivity index (χ1n) is 8.52. The SMILES string of the molecule is O=S(=O)(c1ccc(NC2CCCCCC2)[nH+]c1)N1CCOCC1. The molecule has 2 fully saturated rings. The van der Waals surface area contributed by atoms with Gasteiger partial charge < -0.3 is 4.74 Å². The number of anilines is 1. The fourth-order valence-electron chi connectivity index (χ4n) is 3.24. The van der Waals surface area contributed by atoms with Crippen LogP contribution in [0.4, 0.5) is 5.82 Å². The van der Waals surface area contributed by atoms with Crippen LogP contribution in [0.25, 0.3) is 0 Å². The van der Waals surface area contributed by atoms with E-state index in [1.165, 1.54) is 42.8 Å². The number of ether oxygens (including phenoxy) is 1. The highest BCUT2D eigenvalue weighted by atomic mass is 32.2. The molecule has 0 spiro atoms. The number of hydrogen-bond donors (Lipinski definition) is 1. The van der Waals surface area contributed by atoms with Crippen LogP contribution in [-0.2, 0) is 14.8 Å². The third-order valence-corrected chi connectivity index (χ3v) is 6.50. The summed E-state index contributed by atoms with van der Waals surface area (Å²) >= 11 is 0. The molecular weight excluding hydrogens is 314 g/mol. The first-order valence-corrected chi connectivity index (χ1v) is 9.96. The number of nitrogens with one attached hydrogen (secondary N) is 2. The molecule has 1 aromatic rings. The monoisotopic (exact) mass is 340 g/mol. The number of pyridine rings is 1. The van der Waals surface area contributed by atoms with Gasteiger partial charge in [-0.25, -0.2) is 13.4 Å². The van der Waals surface area contributed by atoms with E-state index in [2.05, 4.69) is 10.3 Å². The van der Waals surface area contributed by atoms with Crippen molar-refractivity contribution in [2.75, 3.05) is 31.6 Å². The van der Waals surface area contributed by atoms with E-state index < -0.39 is 10.0 Å². The second kappa shape index (κ2) is 7.59. The van der Waals surface area contributed by atoms with E-state index in [1.54, 1.807) is 12.3 Å². The van der Waals surface area contributed by atoms with Crippen LogP contribution < -0.4 is 10.3 Å². The van der Waals surface area contributed by atoms with E-state index in [9.17, 15) is 8.42 Å². The zero-order chi connectivity index (χ0) is 16.1. The summed E-state index contributed by atoms with van der Waals surface area (Å²) in [4.78, 5) is 3.41. The lowest BCUT2D eigenvalue weighted by molar-refractivity contribution is -0.364. The summed E-state index contributed by atoms with van der Waals surface area (Å²) in [7, 11) is -3.42. The average Bonchev–Trinajstić information content (AvgIpc) is 2.85. The molecule has 6 nitrogen and oxygen atoms in total. The largest absolute Gasteiger partial charge is 0.379 e. The minimum absolute atomic E-state index is 0.311. The zero-order valence-corrected chi connectivity index (χ0v) is 14.3. The van der Waals surface area contributed by atoms with Gasteiger partial charge in [0.2, 0.25) is 10.0 Å². The molecule has 0 unspecified atom stereocenters. The van der Waals surface area contributed by atoms with Gasteiger partial charge in [-0.05, 0) is 31.7 Å². The Balaban J connectivity index is 1.66. The number of sulfonamides is 1. The summed E-state index contributed by atoms with van der Waals surface area (Å²) in [5.74, 6) is 0.887. The Bertz CT molecular complexity index is 590. The third-order valence-electron chi connectivity index (χ3n) is 4.61. The molecule has 3 rings (SSSR count). The van der Waals surface area contributed by atoms with Gasteiger partial charge in [0, 0.05) is 19.2 Å². The molecule has 23 heavy (non-hydrogen) atoms. The van der Waals surface area contributed by atoms with E-state index in [4.69, 9.17) is 4.74 Å². The van der Waals surface area contributed by atoms with Crippen LogP contribution >= 0.6 is 0 Å². The number of aromatic amines is 1. The highest BCUT2D eigenvalue weighted by Gasteiger charge is 2.27. The van der Waals surface area contributed by atoms with E-state index in [0.717, 1.165) is 5.82 Å². The van der Waals surface area contributed by atoms with E-state index in [1.807, 2.05) is 6.07 Å². The summed E-state index contributed by atoms with van der Waals surface area (Å²) in [6, 6.07) is 3.99. The molecule has 0 atom stereocenters. The van der Waals surface area contributed by atoms with Gasteiger partial charge in [0.25, 0.3) is 5.82 Å². The topological polar surface area (TPSA) is 72.8 Å². The molecule has 2 N–H and O–H groups in total. The number of aromatic nitrogens is 1. The van der Waals surface area contributed by atoms with Crippen molar-refractivity contribution >= 4 is 15.8 Å². The molecule has 1 saturated carbocycles. The Morgan fingerprint density at radius 2 is 1.78 bits per heavy atom. The Morgan fingerprint density at radius 3 is 2.39 bits per heavy atom. The Labute approximate surface area is 138 Å². The van der Waals surface area contributed by atoms with Crippen molar-refractivity contribution in [3.8, 4) is 0 Å². The fraction of sp³-hybridized carbons (Fsp3) is 0.688. The maximum absolute atomic E-state index is 12.6. The van der Waals surface area contributed by atoms with Crippen LogP contribution in [0.5, 0.6) is 0 Å². The first kappa shape index (κ1) is 16.7. The highest BCUT2D eigenvalue weighted by molar-refractivity contribution is 7.89. The van der Waals surface area contributed by atoms with Crippen LogP contribution in [0.2, 0.25) is 0 Å². The fourth-order valence-corrected chi connectivity index (χ4v) is 4.62. The van der Waals surface area contributed by atoms with Crippen molar-refractivity contribution in [2.24, 2.45) is 0 Å². The molecule has 7 heteroatoms.